The van der Waals surface area contributed by atoms with E-state index in [2.05, 4.69) is 0 Å². The summed E-state index contributed by atoms with van der Waals surface area (Å²) in [6.45, 7) is 3.34. The predicted octanol–water partition coefficient (Wildman–Crippen LogP) is 0.768. The van der Waals surface area contributed by atoms with Crippen molar-refractivity contribution >= 4 is 11.5 Å². The van der Waals surface area contributed by atoms with Gasteiger partial charge in [0, 0.05) is 16.8 Å². The van der Waals surface area contributed by atoms with Crippen LogP contribution in [0.1, 0.15) is 13.8 Å². The Kier molecular flexibility index (Phi) is 1.64. The first kappa shape index (κ1) is 7.72. The molecule has 0 bridgehead atoms. The molecule has 58 valence electrons. The number of carbonyl (C=O) groups is 1. The van der Waals surface area contributed by atoms with Gasteiger partial charge < -0.3 is 5.73 Å². The fourth-order valence-electron chi connectivity index (χ4n) is 0.919. The maximum Gasteiger partial charge on any atom is 0.206 e. The Bertz CT molecular complexity index is 293. The zero-order valence-corrected chi connectivity index (χ0v) is 6.56. The molecule has 1 aliphatic carbocycles. The third-order valence-corrected chi connectivity index (χ3v) is 1.77. The highest BCUT2D eigenvalue weighted by atomic mass is 16.1. The number of carbonyl (C=O) groups excluding carboxylic acids is 1. The van der Waals surface area contributed by atoms with E-state index in [1.54, 1.807) is 19.9 Å². The average molecular weight is 150 g/mol. The van der Waals surface area contributed by atoms with Gasteiger partial charge in [-0.3, -0.25) is 10.2 Å². The van der Waals surface area contributed by atoms with E-state index in [0.29, 0.717) is 16.8 Å². The minimum atomic E-state index is -0.225. The average Bonchev–Trinajstić information content (AvgIpc) is 1.97. The summed E-state index contributed by atoms with van der Waals surface area (Å²) in [7, 11) is 0. The van der Waals surface area contributed by atoms with Crippen LogP contribution >= 0.6 is 0 Å². The number of Topliss-reactive ketones (excluding diaryl/α,β-unsaturated/α-hetero) is 1. The van der Waals surface area contributed by atoms with Gasteiger partial charge in [0.25, 0.3) is 0 Å². The van der Waals surface area contributed by atoms with Crippen LogP contribution in [0.4, 0.5) is 0 Å². The van der Waals surface area contributed by atoms with Crippen LogP contribution in [-0.4, -0.2) is 11.5 Å². The number of nitrogens with two attached hydrogens (primary N) is 1. The molecule has 0 spiro atoms. The molecule has 0 saturated carbocycles. The number of hydrogen-bond acceptors (Lipinski definition) is 3. The van der Waals surface area contributed by atoms with Crippen LogP contribution in [0.5, 0.6) is 0 Å². The molecular weight excluding hydrogens is 140 g/mol. The first-order valence-electron chi connectivity index (χ1n) is 3.32. The van der Waals surface area contributed by atoms with Crippen LogP contribution in [0.3, 0.4) is 0 Å². The summed E-state index contributed by atoms with van der Waals surface area (Å²) in [4.78, 5) is 11.1. The van der Waals surface area contributed by atoms with Crippen molar-refractivity contribution in [2.45, 2.75) is 13.8 Å². The molecule has 0 aliphatic heterocycles. The van der Waals surface area contributed by atoms with Crippen LogP contribution in [0.25, 0.3) is 0 Å². The van der Waals surface area contributed by atoms with Gasteiger partial charge in [-0.15, -0.1) is 0 Å². The van der Waals surface area contributed by atoms with Crippen LogP contribution in [0, 0.1) is 5.41 Å². The highest BCUT2D eigenvalue weighted by Gasteiger charge is 2.19. The molecule has 3 nitrogen and oxygen atoms in total. The highest BCUT2D eigenvalue weighted by Crippen LogP contribution is 2.14. The van der Waals surface area contributed by atoms with E-state index in [0.717, 1.165) is 0 Å². The Morgan fingerprint density at radius 2 is 2.00 bits per heavy atom. The molecule has 11 heavy (non-hydrogen) atoms. The normalized spacial score (nSPS) is 18.9. The maximum atomic E-state index is 11.1. The third kappa shape index (κ3) is 1.09. The van der Waals surface area contributed by atoms with Crippen molar-refractivity contribution in [3.63, 3.8) is 0 Å². The van der Waals surface area contributed by atoms with Gasteiger partial charge in [0.1, 0.15) is 5.71 Å². The van der Waals surface area contributed by atoms with E-state index in [-0.39, 0.29) is 11.5 Å². The molecule has 1 aliphatic rings. The van der Waals surface area contributed by atoms with Gasteiger partial charge in [-0.25, -0.2) is 0 Å². The van der Waals surface area contributed by atoms with Gasteiger partial charge in [-0.05, 0) is 19.9 Å². The molecule has 3 N–H and O–H groups in total. The quantitative estimate of drug-likeness (QED) is 0.501. The van der Waals surface area contributed by atoms with E-state index in [9.17, 15) is 4.79 Å². The van der Waals surface area contributed by atoms with Crippen molar-refractivity contribution in [2.24, 2.45) is 5.73 Å². The number of nitrogens with one attached hydrogen (secondary N) is 1. The summed E-state index contributed by atoms with van der Waals surface area (Å²) in [5.41, 5.74) is 7.18. The minimum Gasteiger partial charge on any atom is -0.398 e. The van der Waals surface area contributed by atoms with Crippen LogP contribution in [0.15, 0.2) is 22.9 Å². The van der Waals surface area contributed by atoms with E-state index in [4.69, 9.17) is 11.1 Å². The molecular formula is C8H10N2O. The molecule has 1 rings (SSSR count). The zero-order valence-electron chi connectivity index (χ0n) is 6.56. The Labute approximate surface area is 65.1 Å². The van der Waals surface area contributed by atoms with E-state index in [1.165, 1.54) is 0 Å². The van der Waals surface area contributed by atoms with E-state index >= 15 is 0 Å². The molecule has 0 amide bonds. The lowest BCUT2D eigenvalue weighted by molar-refractivity contribution is -0.109. The first-order valence-corrected chi connectivity index (χ1v) is 3.32. The molecule has 0 aromatic heterocycles. The van der Waals surface area contributed by atoms with Crippen LogP contribution < -0.4 is 5.73 Å². The summed E-state index contributed by atoms with van der Waals surface area (Å²) >= 11 is 0. The van der Waals surface area contributed by atoms with Crippen molar-refractivity contribution in [3.05, 3.63) is 22.9 Å². The molecule has 0 aromatic carbocycles. The summed E-state index contributed by atoms with van der Waals surface area (Å²) in [5, 5.41) is 7.33. The molecule has 3 heteroatoms. The standard InChI is InChI=1S/C8H10N2O/c1-4-3-6(9)5(2)7(10)8(4)11/h3,10H,9H2,1-2H3. The SMILES string of the molecule is CC1=CC(N)=C(C)C(=N)C1=O. The number of allylic oxidation sites excluding steroid dienone is 3. The van der Waals surface area contributed by atoms with Gasteiger partial charge in [0.15, 0.2) is 0 Å². The smallest absolute Gasteiger partial charge is 0.206 e. The molecule has 0 heterocycles. The Hall–Kier alpha value is -1.38. The molecule has 0 aromatic rings. The van der Waals surface area contributed by atoms with E-state index < -0.39 is 0 Å². The fourth-order valence-corrected chi connectivity index (χ4v) is 0.919. The van der Waals surface area contributed by atoms with Crippen molar-refractivity contribution < 1.29 is 4.79 Å². The van der Waals surface area contributed by atoms with Crippen LogP contribution in [-0.2, 0) is 4.79 Å². The predicted molar refractivity (Wildman–Crippen MR) is 43.4 cm³/mol. The molecule has 0 fully saturated rings. The van der Waals surface area contributed by atoms with Gasteiger partial charge in [-0.1, -0.05) is 0 Å². The summed E-state index contributed by atoms with van der Waals surface area (Å²) < 4.78 is 0. The number of rotatable bonds is 0. The molecule has 0 atom stereocenters. The van der Waals surface area contributed by atoms with Crippen molar-refractivity contribution in [1.82, 2.24) is 0 Å². The Balaban J connectivity index is 3.22. The van der Waals surface area contributed by atoms with Crippen molar-refractivity contribution in [2.75, 3.05) is 0 Å². The molecule has 0 unspecified atom stereocenters. The monoisotopic (exact) mass is 150 g/mol. The number of ketones is 1. The van der Waals surface area contributed by atoms with Crippen molar-refractivity contribution in [1.29, 1.82) is 5.41 Å². The second kappa shape index (κ2) is 2.34. The zero-order chi connectivity index (χ0) is 8.59. The highest BCUT2D eigenvalue weighted by molar-refractivity contribution is 6.51. The Morgan fingerprint density at radius 3 is 2.55 bits per heavy atom. The van der Waals surface area contributed by atoms with Gasteiger partial charge >= 0.3 is 0 Å². The van der Waals surface area contributed by atoms with Gasteiger partial charge in [0.2, 0.25) is 5.78 Å². The maximum absolute atomic E-state index is 11.1. The molecule has 0 saturated heterocycles. The van der Waals surface area contributed by atoms with Gasteiger partial charge in [0.05, 0.1) is 0 Å². The Morgan fingerprint density at radius 1 is 1.45 bits per heavy atom. The lowest BCUT2D eigenvalue weighted by Gasteiger charge is -2.11. The summed E-state index contributed by atoms with van der Waals surface area (Å²) in [5.74, 6) is -0.225. The summed E-state index contributed by atoms with van der Waals surface area (Å²) in [6, 6.07) is 0. The summed E-state index contributed by atoms with van der Waals surface area (Å²) in [6.07, 6.45) is 1.61. The van der Waals surface area contributed by atoms with Crippen molar-refractivity contribution in [3.8, 4) is 0 Å². The van der Waals surface area contributed by atoms with E-state index in [1.807, 2.05) is 0 Å². The lowest BCUT2D eigenvalue weighted by atomic mass is 9.95. The van der Waals surface area contributed by atoms with Crippen LogP contribution in [0.2, 0.25) is 0 Å². The second-order valence-electron chi connectivity index (χ2n) is 2.61. The first-order chi connectivity index (χ1) is 5.04. The fraction of sp³-hybridized carbons (Fsp3) is 0.250. The number of hydrogen-bond donors (Lipinski definition) is 2. The van der Waals surface area contributed by atoms with Gasteiger partial charge in [-0.2, -0.15) is 0 Å². The third-order valence-electron chi connectivity index (χ3n) is 1.77. The lowest BCUT2D eigenvalue weighted by Crippen LogP contribution is -2.22. The topological polar surface area (TPSA) is 66.9 Å². The second-order valence-corrected chi connectivity index (χ2v) is 2.61. The molecule has 0 radical (unpaired) electrons. The minimum absolute atomic E-state index is 0.0162. The largest absolute Gasteiger partial charge is 0.398 e.